The molecule has 0 spiro atoms. The third-order valence-corrected chi connectivity index (χ3v) is 5.95. The minimum atomic E-state index is -0.376. The first-order chi connectivity index (χ1) is 14.4. The zero-order valence-electron chi connectivity index (χ0n) is 17.0. The second kappa shape index (κ2) is 8.60. The Kier molecular flexibility index (Phi) is 5.90. The van der Waals surface area contributed by atoms with Crippen molar-refractivity contribution in [1.29, 1.82) is 0 Å². The van der Waals surface area contributed by atoms with Crippen LogP contribution in [0.1, 0.15) is 26.7 Å². The van der Waals surface area contributed by atoms with Crippen molar-refractivity contribution in [3.8, 4) is 5.69 Å². The third kappa shape index (κ3) is 4.41. The Morgan fingerprint density at radius 1 is 1.20 bits per heavy atom. The van der Waals surface area contributed by atoms with E-state index in [1.54, 1.807) is 30.3 Å². The summed E-state index contributed by atoms with van der Waals surface area (Å²) in [5, 5.41) is 0.913. The number of rotatable bonds is 7. The van der Waals surface area contributed by atoms with E-state index in [1.807, 2.05) is 11.0 Å². The molecule has 0 unspecified atom stereocenters. The fourth-order valence-electron chi connectivity index (χ4n) is 3.47. The summed E-state index contributed by atoms with van der Waals surface area (Å²) in [5.74, 6) is 0.286. The first kappa shape index (κ1) is 20.6. The van der Waals surface area contributed by atoms with Crippen molar-refractivity contribution in [3.63, 3.8) is 0 Å². The Hall–Kier alpha value is -2.67. The number of hydrogen-bond donors (Lipinski definition) is 0. The number of carbonyl (C=O) groups excluding carboxylic acids is 1. The van der Waals surface area contributed by atoms with E-state index in [2.05, 4.69) is 18.8 Å². The number of amides is 1. The minimum Gasteiger partial charge on any atom is -0.339 e. The fraction of sp³-hybridized carbons (Fsp3) is 0.348. The molecule has 1 heterocycles. The predicted octanol–water partition coefficient (Wildman–Crippen LogP) is 4.26. The van der Waals surface area contributed by atoms with E-state index in [4.69, 9.17) is 0 Å². The van der Waals surface area contributed by atoms with Crippen LogP contribution in [0.3, 0.4) is 0 Å². The van der Waals surface area contributed by atoms with E-state index in [-0.39, 0.29) is 23.0 Å². The van der Waals surface area contributed by atoms with Crippen LogP contribution in [0.5, 0.6) is 0 Å². The van der Waals surface area contributed by atoms with E-state index in [0.29, 0.717) is 33.7 Å². The third-order valence-electron chi connectivity index (χ3n) is 5.02. The molecule has 1 amide bonds. The number of fused-ring (bicyclic) bond motifs is 1. The molecule has 0 aliphatic heterocycles. The molecule has 1 aromatic heterocycles. The topological polar surface area (TPSA) is 55.2 Å². The van der Waals surface area contributed by atoms with Crippen LogP contribution in [-0.2, 0) is 4.79 Å². The monoisotopic (exact) mass is 425 g/mol. The van der Waals surface area contributed by atoms with Gasteiger partial charge in [0, 0.05) is 12.6 Å². The number of nitrogens with zero attached hydrogens (tertiary/aromatic N) is 3. The summed E-state index contributed by atoms with van der Waals surface area (Å²) in [6.45, 7) is 4.94. The fourth-order valence-corrected chi connectivity index (χ4v) is 4.37. The second-order valence-electron chi connectivity index (χ2n) is 7.99. The summed E-state index contributed by atoms with van der Waals surface area (Å²) in [4.78, 5) is 32.7. The Labute approximate surface area is 178 Å². The van der Waals surface area contributed by atoms with Gasteiger partial charge in [-0.25, -0.2) is 9.37 Å². The molecule has 3 aromatic rings. The smallest absolute Gasteiger partial charge is 0.266 e. The highest BCUT2D eigenvalue weighted by atomic mass is 32.2. The molecule has 2 aromatic carbocycles. The average Bonchev–Trinajstić information content (AvgIpc) is 3.56. The quantitative estimate of drug-likeness (QED) is 0.419. The van der Waals surface area contributed by atoms with Crippen LogP contribution in [0.25, 0.3) is 16.6 Å². The second-order valence-corrected chi connectivity index (χ2v) is 8.93. The first-order valence-corrected chi connectivity index (χ1v) is 11.1. The van der Waals surface area contributed by atoms with Gasteiger partial charge in [-0.3, -0.25) is 14.2 Å². The molecule has 5 nitrogen and oxygen atoms in total. The summed E-state index contributed by atoms with van der Waals surface area (Å²) < 4.78 is 14.9. The Morgan fingerprint density at radius 2 is 1.90 bits per heavy atom. The average molecular weight is 426 g/mol. The number of benzene rings is 2. The first-order valence-electron chi connectivity index (χ1n) is 10.1. The zero-order valence-corrected chi connectivity index (χ0v) is 17.9. The number of carbonyl (C=O) groups is 1. The normalized spacial score (nSPS) is 13.7. The van der Waals surface area contributed by atoms with E-state index < -0.39 is 0 Å². The van der Waals surface area contributed by atoms with Gasteiger partial charge in [0.05, 0.1) is 22.3 Å². The van der Waals surface area contributed by atoms with Crippen LogP contribution >= 0.6 is 11.8 Å². The molecule has 1 aliphatic rings. The van der Waals surface area contributed by atoms with E-state index in [0.717, 1.165) is 19.4 Å². The number of hydrogen-bond acceptors (Lipinski definition) is 4. The molecule has 0 radical (unpaired) electrons. The largest absolute Gasteiger partial charge is 0.339 e. The van der Waals surface area contributed by atoms with Crippen molar-refractivity contribution in [2.75, 3.05) is 12.3 Å². The molecule has 0 saturated heterocycles. The molecule has 4 rings (SSSR count). The lowest BCUT2D eigenvalue weighted by atomic mass is 10.2. The SMILES string of the molecule is CC(C)CN(C(=O)CSc1nc2ccccc2c(=O)n1-c1ccc(F)cc1)C1CC1. The Bertz CT molecular complexity index is 1120. The molecule has 1 saturated carbocycles. The molecule has 1 fully saturated rings. The Morgan fingerprint density at radius 3 is 2.57 bits per heavy atom. The van der Waals surface area contributed by atoms with Gasteiger partial charge in [0.1, 0.15) is 5.82 Å². The lowest BCUT2D eigenvalue weighted by Gasteiger charge is -2.24. The maximum Gasteiger partial charge on any atom is 0.266 e. The van der Waals surface area contributed by atoms with Crippen molar-refractivity contribution < 1.29 is 9.18 Å². The number of thioether (sulfide) groups is 1. The summed E-state index contributed by atoms with van der Waals surface area (Å²) in [7, 11) is 0. The van der Waals surface area contributed by atoms with E-state index in [1.165, 1.54) is 28.5 Å². The number of para-hydroxylation sites is 1. The van der Waals surface area contributed by atoms with Crippen molar-refractivity contribution in [3.05, 3.63) is 64.7 Å². The van der Waals surface area contributed by atoms with Gasteiger partial charge in [-0.1, -0.05) is 37.7 Å². The standard InChI is InChI=1S/C23H24FN3O2S/c1-15(2)13-26(17-11-12-17)21(28)14-30-23-25-20-6-4-3-5-19(20)22(29)27(23)18-9-7-16(24)8-10-18/h3-10,15,17H,11-14H2,1-2H3. The summed E-state index contributed by atoms with van der Waals surface area (Å²) in [5.41, 5.74) is 0.872. The van der Waals surface area contributed by atoms with E-state index >= 15 is 0 Å². The van der Waals surface area contributed by atoms with Crippen LogP contribution in [-0.4, -0.2) is 38.7 Å². The lowest BCUT2D eigenvalue weighted by Crippen LogP contribution is -2.37. The maximum atomic E-state index is 13.4. The highest BCUT2D eigenvalue weighted by molar-refractivity contribution is 7.99. The van der Waals surface area contributed by atoms with Crippen molar-refractivity contribution >= 4 is 28.6 Å². The van der Waals surface area contributed by atoms with E-state index in [9.17, 15) is 14.0 Å². The van der Waals surface area contributed by atoms with Crippen molar-refractivity contribution in [1.82, 2.24) is 14.5 Å². The zero-order chi connectivity index (χ0) is 21.3. The molecule has 0 N–H and O–H groups in total. The highest BCUT2D eigenvalue weighted by Gasteiger charge is 2.32. The maximum absolute atomic E-state index is 13.4. The number of aromatic nitrogens is 2. The summed E-state index contributed by atoms with van der Waals surface area (Å²) in [6.07, 6.45) is 2.11. The summed E-state index contributed by atoms with van der Waals surface area (Å²) >= 11 is 1.25. The highest BCUT2D eigenvalue weighted by Crippen LogP contribution is 2.29. The van der Waals surface area contributed by atoms with Gasteiger partial charge in [-0.05, 0) is 55.2 Å². The van der Waals surface area contributed by atoms with Crippen LogP contribution in [0.4, 0.5) is 4.39 Å². The van der Waals surface area contributed by atoms with Crippen LogP contribution in [0.2, 0.25) is 0 Å². The Balaban J connectivity index is 1.68. The predicted molar refractivity (Wildman–Crippen MR) is 118 cm³/mol. The molecule has 0 bridgehead atoms. The molecule has 1 aliphatic carbocycles. The van der Waals surface area contributed by atoms with Gasteiger partial charge in [0.15, 0.2) is 5.16 Å². The van der Waals surface area contributed by atoms with Crippen molar-refractivity contribution in [2.45, 2.75) is 37.9 Å². The van der Waals surface area contributed by atoms with Gasteiger partial charge in [0.25, 0.3) is 5.56 Å². The molecule has 7 heteroatoms. The van der Waals surface area contributed by atoms with Gasteiger partial charge in [0.2, 0.25) is 5.91 Å². The lowest BCUT2D eigenvalue weighted by molar-refractivity contribution is -0.129. The van der Waals surface area contributed by atoms with Gasteiger partial charge in [-0.2, -0.15) is 0 Å². The minimum absolute atomic E-state index is 0.0595. The van der Waals surface area contributed by atoms with Gasteiger partial charge < -0.3 is 4.90 Å². The number of halogens is 1. The van der Waals surface area contributed by atoms with Crippen LogP contribution in [0, 0.1) is 11.7 Å². The molecule has 30 heavy (non-hydrogen) atoms. The molecular weight excluding hydrogens is 401 g/mol. The molecule has 0 atom stereocenters. The van der Waals surface area contributed by atoms with Gasteiger partial charge in [-0.15, -0.1) is 0 Å². The summed E-state index contributed by atoms with van der Waals surface area (Å²) in [6, 6.07) is 13.2. The van der Waals surface area contributed by atoms with Crippen LogP contribution in [0.15, 0.2) is 58.5 Å². The van der Waals surface area contributed by atoms with Crippen molar-refractivity contribution in [2.24, 2.45) is 5.92 Å². The van der Waals surface area contributed by atoms with Crippen LogP contribution < -0.4 is 5.56 Å². The molecular formula is C23H24FN3O2S. The molecule has 156 valence electrons. The van der Waals surface area contributed by atoms with Gasteiger partial charge >= 0.3 is 0 Å².